The summed E-state index contributed by atoms with van der Waals surface area (Å²) in [6, 6.07) is 59.8. The molecular weight excluding hydrogens is 685 g/mol. The molecule has 0 fully saturated rings. The van der Waals surface area contributed by atoms with Gasteiger partial charge in [0.1, 0.15) is 23.5 Å². The maximum Gasteiger partial charge on any atom is 0.160 e. The molecule has 0 spiro atoms. The van der Waals surface area contributed by atoms with Gasteiger partial charge in [0.25, 0.3) is 0 Å². The summed E-state index contributed by atoms with van der Waals surface area (Å²) in [7, 11) is 0. The van der Waals surface area contributed by atoms with Crippen molar-refractivity contribution in [3.63, 3.8) is 0 Å². The van der Waals surface area contributed by atoms with E-state index >= 15 is 0 Å². The number of amidine groups is 1. The lowest BCUT2D eigenvalue weighted by Crippen LogP contribution is -2.19. The van der Waals surface area contributed by atoms with Gasteiger partial charge in [0, 0.05) is 33.2 Å². The number of benzene rings is 6. The molecular formula is C50H38N6. The Morgan fingerprint density at radius 1 is 0.571 bits per heavy atom. The highest BCUT2D eigenvalue weighted by molar-refractivity contribution is 6.03. The first-order valence-corrected chi connectivity index (χ1v) is 18.2. The van der Waals surface area contributed by atoms with Crippen molar-refractivity contribution in [1.29, 1.82) is 10.5 Å². The molecule has 6 aromatic carbocycles. The van der Waals surface area contributed by atoms with Crippen molar-refractivity contribution >= 4 is 17.1 Å². The maximum absolute atomic E-state index is 10.5. The Morgan fingerprint density at radius 3 is 1.52 bits per heavy atom. The Bertz CT molecular complexity index is 2650. The Hall–Kier alpha value is -7.67. The van der Waals surface area contributed by atoms with Crippen molar-refractivity contribution in [3.8, 4) is 46.0 Å². The molecule has 268 valence electrons. The highest BCUT2D eigenvalue weighted by Crippen LogP contribution is 2.37. The molecule has 0 aliphatic rings. The minimum Gasteiger partial charge on any atom is -0.383 e. The molecule has 0 bridgehead atoms. The Labute approximate surface area is 328 Å². The normalized spacial score (nSPS) is 11.9. The van der Waals surface area contributed by atoms with E-state index in [9.17, 15) is 10.5 Å². The average molecular weight is 723 g/mol. The van der Waals surface area contributed by atoms with Crippen LogP contribution in [0.1, 0.15) is 47.2 Å². The molecule has 1 heterocycles. The molecule has 0 saturated carbocycles. The molecule has 56 heavy (non-hydrogen) atoms. The lowest BCUT2D eigenvalue weighted by atomic mass is 9.77. The molecule has 1 aromatic heterocycles. The van der Waals surface area contributed by atoms with Crippen LogP contribution in [0, 0.1) is 22.7 Å². The van der Waals surface area contributed by atoms with Gasteiger partial charge in [-0.3, -0.25) is 0 Å². The van der Waals surface area contributed by atoms with E-state index in [0.717, 1.165) is 44.5 Å². The molecule has 6 heteroatoms. The number of nitriles is 2. The van der Waals surface area contributed by atoms with Crippen molar-refractivity contribution in [2.24, 2.45) is 10.7 Å². The molecule has 0 unspecified atom stereocenters. The van der Waals surface area contributed by atoms with Crippen LogP contribution in [-0.2, 0) is 5.41 Å². The summed E-state index contributed by atoms with van der Waals surface area (Å²) in [6.45, 7) is 8.62. The second-order valence-electron chi connectivity index (χ2n) is 13.8. The number of nitrogens with zero attached hydrogens (tertiary/aromatic N) is 5. The fraction of sp³-hybridized carbons (Fsp3) is 0.0600. The Balaban J connectivity index is 1.26. The van der Waals surface area contributed by atoms with E-state index < -0.39 is 5.41 Å². The van der Waals surface area contributed by atoms with Crippen LogP contribution in [0.5, 0.6) is 0 Å². The van der Waals surface area contributed by atoms with E-state index in [0.29, 0.717) is 45.5 Å². The van der Waals surface area contributed by atoms with E-state index in [1.165, 1.54) is 0 Å². The number of aromatic nitrogens is 2. The minimum atomic E-state index is -0.410. The van der Waals surface area contributed by atoms with Gasteiger partial charge in [-0.25, -0.2) is 15.0 Å². The van der Waals surface area contributed by atoms with Crippen LogP contribution in [0.2, 0.25) is 0 Å². The fourth-order valence-corrected chi connectivity index (χ4v) is 6.66. The van der Waals surface area contributed by atoms with E-state index in [1.807, 2.05) is 146 Å². The van der Waals surface area contributed by atoms with Crippen molar-refractivity contribution in [1.82, 2.24) is 9.97 Å². The number of hydrogen-bond donors (Lipinski definition) is 1. The van der Waals surface area contributed by atoms with Gasteiger partial charge in [-0.1, -0.05) is 190 Å². The Morgan fingerprint density at radius 2 is 1.02 bits per heavy atom. The average Bonchev–Trinajstić information content (AvgIpc) is 3.27. The van der Waals surface area contributed by atoms with E-state index in [4.69, 9.17) is 20.7 Å². The quantitative estimate of drug-likeness (QED) is 0.0654. The van der Waals surface area contributed by atoms with Crippen LogP contribution in [0.3, 0.4) is 0 Å². The molecule has 7 rings (SSSR count). The van der Waals surface area contributed by atoms with Crippen LogP contribution >= 0.6 is 0 Å². The first-order valence-electron chi connectivity index (χ1n) is 18.2. The third-order valence-electron chi connectivity index (χ3n) is 9.93. The molecule has 0 aliphatic carbocycles. The van der Waals surface area contributed by atoms with E-state index in [1.54, 1.807) is 0 Å². The topological polar surface area (TPSA) is 112 Å². The van der Waals surface area contributed by atoms with Gasteiger partial charge in [-0.05, 0) is 22.3 Å². The summed E-state index contributed by atoms with van der Waals surface area (Å²) in [5.41, 5.74) is 16.1. The zero-order valence-electron chi connectivity index (χ0n) is 31.2. The van der Waals surface area contributed by atoms with Gasteiger partial charge >= 0.3 is 0 Å². The van der Waals surface area contributed by atoms with Gasteiger partial charge in [-0.15, -0.1) is 0 Å². The van der Waals surface area contributed by atoms with Crippen LogP contribution in [0.4, 0.5) is 0 Å². The fourth-order valence-electron chi connectivity index (χ4n) is 6.66. The smallest absolute Gasteiger partial charge is 0.160 e. The summed E-state index contributed by atoms with van der Waals surface area (Å²) >= 11 is 0. The number of nitrogens with two attached hydrogens (primary N) is 1. The molecule has 0 amide bonds. The Kier molecular flexibility index (Phi) is 10.6. The van der Waals surface area contributed by atoms with Gasteiger partial charge in [-0.2, -0.15) is 10.5 Å². The predicted molar refractivity (Wildman–Crippen MR) is 227 cm³/mol. The molecule has 6 nitrogen and oxygen atoms in total. The number of rotatable bonds is 10. The number of allylic oxidation sites excluding steroid dienone is 2. The summed E-state index contributed by atoms with van der Waals surface area (Å²) in [4.78, 5) is 14.7. The highest BCUT2D eigenvalue weighted by Gasteiger charge is 2.25. The highest BCUT2D eigenvalue weighted by atomic mass is 14.9. The predicted octanol–water partition coefficient (Wildman–Crippen LogP) is 11.0. The van der Waals surface area contributed by atoms with Crippen molar-refractivity contribution in [3.05, 3.63) is 215 Å². The third-order valence-corrected chi connectivity index (χ3v) is 9.93. The SMILES string of the molecule is C=C(/C(C#N)=C(\N=C(/N)c1ccccc1)c1ccc(C(C)(C)c2ccc(-c3nc(-c4ccccc4)nc(-c4ccccc4)c3C#N)cc2)cc1)c1ccccc1. The summed E-state index contributed by atoms with van der Waals surface area (Å²) in [5, 5.41) is 20.9. The van der Waals surface area contributed by atoms with Crippen molar-refractivity contribution in [2.75, 3.05) is 0 Å². The molecule has 7 aromatic rings. The van der Waals surface area contributed by atoms with E-state index in [2.05, 4.69) is 56.8 Å². The second-order valence-corrected chi connectivity index (χ2v) is 13.8. The minimum absolute atomic E-state index is 0.300. The first kappa shape index (κ1) is 36.7. The molecule has 0 saturated heterocycles. The maximum atomic E-state index is 10.5. The van der Waals surface area contributed by atoms with Gasteiger partial charge < -0.3 is 5.73 Å². The summed E-state index contributed by atoms with van der Waals surface area (Å²) in [5.74, 6) is 0.854. The van der Waals surface area contributed by atoms with Crippen LogP contribution in [-0.4, -0.2) is 15.8 Å². The lowest BCUT2D eigenvalue weighted by Gasteiger charge is -2.27. The zero-order chi connectivity index (χ0) is 39.1. The largest absolute Gasteiger partial charge is 0.383 e. The van der Waals surface area contributed by atoms with E-state index in [-0.39, 0.29) is 0 Å². The molecule has 2 N–H and O–H groups in total. The number of aliphatic imine (C=N–C) groups is 1. The van der Waals surface area contributed by atoms with Crippen LogP contribution in [0.25, 0.3) is 45.2 Å². The molecule has 0 atom stereocenters. The van der Waals surface area contributed by atoms with Gasteiger partial charge in [0.2, 0.25) is 0 Å². The molecule has 0 radical (unpaired) electrons. The third kappa shape index (κ3) is 7.54. The van der Waals surface area contributed by atoms with Crippen molar-refractivity contribution < 1.29 is 0 Å². The first-order chi connectivity index (χ1) is 27.3. The lowest BCUT2D eigenvalue weighted by molar-refractivity contribution is 0.641. The molecule has 0 aliphatic heterocycles. The van der Waals surface area contributed by atoms with Crippen LogP contribution < -0.4 is 5.73 Å². The monoisotopic (exact) mass is 722 g/mol. The van der Waals surface area contributed by atoms with Gasteiger partial charge in [0.05, 0.1) is 22.7 Å². The van der Waals surface area contributed by atoms with Gasteiger partial charge in [0.15, 0.2) is 5.82 Å². The second kappa shape index (κ2) is 16.1. The number of hydrogen-bond acceptors (Lipinski definition) is 5. The summed E-state index contributed by atoms with van der Waals surface area (Å²) < 4.78 is 0. The summed E-state index contributed by atoms with van der Waals surface area (Å²) in [6.07, 6.45) is 0. The zero-order valence-corrected chi connectivity index (χ0v) is 31.2. The van der Waals surface area contributed by atoms with Crippen molar-refractivity contribution in [2.45, 2.75) is 19.3 Å². The standard InChI is InChI=1S/C50H38N6/c1-34(35-16-8-4-9-17-35)43(32-51)45(54-48(53)39-20-12-6-13-21-39)37-24-28-41(29-25-37)50(2,3)42-30-26-38(27-31-42)47-44(33-52)46(36-18-10-5-11-19-36)55-49(56-47)40-22-14-7-15-23-40/h4-31H,1H2,2-3H3,(H2,53,54)/b45-43-. The van der Waals surface area contributed by atoms with Crippen LogP contribution in [0.15, 0.2) is 187 Å².